The Morgan fingerprint density at radius 2 is 1.85 bits per heavy atom. The number of carbonyl (C=O) groups is 1. The summed E-state index contributed by atoms with van der Waals surface area (Å²) in [5, 5.41) is 6.41. The van der Waals surface area contributed by atoms with Crippen LogP contribution >= 0.6 is 11.6 Å². The monoisotopic (exact) mass is 383 g/mol. The fraction of sp³-hybridized carbons (Fsp3) is 0.190. The molecule has 0 aliphatic carbocycles. The van der Waals surface area contributed by atoms with E-state index in [2.05, 4.69) is 21.3 Å². The Balaban J connectivity index is 1.67. The second-order valence-corrected chi connectivity index (χ2v) is 6.68. The first kappa shape index (κ1) is 18.9. The van der Waals surface area contributed by atoms with E-state index in [4.69, 9.17) is 16.3 Å². The molecule has 0 aliphatic rings. The molecule has 3 aromatic rings. The van der Waals surface area contributed by atoms with Crippen molar-refractivity contribution in [1.29, 1.82) is 0 Å². The van der Waals surface area contributed by atoms with E-state index < -0.39 is 0 Å². The van der Waals surface area contributed by atoms with E-state index in [1.165, 1.54) is 0 Å². The molecule has 140 valence electrons. The van der Waals surface area contributed by atoms with E-state index in [9.17, 15) is 4.79 Å². The van der Waals surface area contributed by atoms with E-state index in [1.54, 1.807) is 31.4 Å². The molecule has 0 spiro atoms. The zero-order valence-corrected chi connectivity index (χ0v) is 16.3. The molecule has 0 fully saturated rings. The third kappa shape index (κ3) is 4.44. The summed E-state index contributed by atoms with van der Waals surface area (Å²) in [6.07, 6.45) is 0. The van der Waals surface area contributed by atoms with Gasteiger partial charge in [0, 0.05) is 34.3 Å². The lowest BCUT2D eigenvalue weighted by Gasteiger charge is -2.11. The minimum absolute atomic E-state index is 0.257. The Bertz CT molecular complexity index is 949. The summed E-state index contributed by atoms with van der Waals surface area (Å²) in [6, 6.07) is 16.7. The lowest BCUT2D eigenvalue weighted by Crippen LogP contribution is -2.28. The highest BCUT2D eigenvalue weighted by Gasteiger charge is 2.12. The Kier molecular flexibility index (Phi) is 5.72. The molecular weight excluding hydrogens is 362 g/mol. The van der Waals surface area contributed by atoms with Gasteiger partial charge in [0.2, 0.25) is 0 Å². The number of aryl methyl sites for hydroxylation is 1. The number of ether oxygens (including phenoxy) is 1. The van der Waals surface area contributed by atoms with E-state index in [-0.39, 0.29) is 6.03 Å². The van der Waals surface area contributed by atoms with E-state index in [0.717, 1.165) is 28.4 Å². The summed E-state index contributed by atoms with van der Waals surface area (Å²) in [7, 11) is 1.61. The third-order valence-corrected chi connectivity index (χ3v) is 4.62. The van der Waals surface area contributed by atoms with Crippen molar-refractivity contribution in [2.24, 2.45) is 0 Å². The molecule has 1 aromatic heterocycles. The predicted molar refractivity (Wildman–Crippen MR) is 109 cm³/mol. The van der Waals surface area contributed by atoms with Gasteiger partial charge in [-0.2, -0.15) is 0 Å². The van der Waals surface area contributed by atoms with Crippen molar-refractivity contribution in [2.45, 2.75) is 20.4 Å². The second kappa shape index (κ2) is 8.18. The zero-order valence-electron chi connectivity index (χ0n) is 15.5. The molecule has 2 N–H and O–H groups in total. The van der Waals surface area contributed by atoms with Crippen LogP contribution in [0.2, 0.25) is 5.02 Å². The number of halogens is 1. The van der Waals surface area contributed by atoms with E-state index in [1.807, 2.05) is 38.1 Å². The number of carbonyl (C=O) groups excluding carboxylic acids is 1. The van der Waals surface area contributed by atoms with Crippen LogP contribution in [0.5, 0.6) is 5.75 Å². The maximum absolute atomic E-state index is 12.2. The predicted octanol–water partition coefficient (Wildman–Crippen LogP) is 5.08. The van der Waals surface area contributed by atoms with E-state index >= 15 is 0 Å². The molecule has 0 saturated carbocycles. The van der Waals surface area contributed by atoms with Gasteiger partial charge in [-0.25, -0.2) is 4.79 Å². The van der Waals surface area contributed by atoms with Crippen LogP contribution < -0.4 is 15.4 Å². The number of aromatic nitrogens is 1. The highest BCUT2D eigenvalue weighted by atomic mass is 35.5. The van der Waals surface area contributed by atoms with Crippen LogP contribution in [0.15, 0.2) is 54.6 Å². The molecule has 2 amide bonds. The number of hydrogen-bond donors (Lipinski definition) is 2. The quantitative estimate of drug-likeness (QED) is 0.645. The highest BCUT2D eigenvalue weighted by Crippen LogP contribution is 2.23. The average molecular weight is 384 g/mol. The summed E-state index contributed by atoms with van der Waals surface area (Å²) in [5.41, 5.74) is 4.92. The lowest BCUT2D eigenvalue weighted by atomic mass is 10.2. The fourth-order valence-corrected chi connectivity index (χ4v) is 3.23. The first-order valence-corrected chi connectivity index (χ1v) is 8.98. The molecule has 6 heteroatoms. The first-order valence-electron chi connectivity index (χ1n) is 8.60. The molecule has 5 nitrogen and oxygen atoms in total. The fourth-order valence-electron chi connectivity index (χ4n) is 3.05. The molecule has 27 heavy (non-hydrogen) atoms. The van der Waals surface area contributed by atoms with Crippen molar-refractivity contribution in [3.8, 4) is 11.4 Å². The Hall–Kier alpha value is -2.92. The van der Waals surface area contributed by atoms with Crippen LogP contribution in [0.3, 0.4) is 0 Å². The number of methoxy groups -OCH3 is 1. The van der Waals surface area contributed by atoms with Gasteiger partial charge in [0.05, 0.1) is 7.11 Å². The second-order valence-electron chi connectivity index (χ2n) is 6.25. The van der Waals surface area contributed by atoms with Crippen LogP contribution in [0.1, 0.15) is 17.0 Å². The van der Waals surface area contributed by atoms with Gasteiger partial charge in [0.25, 0.3) is 0 Å². The number of hydrogen-bond acceptors (Lipinski definition) is 2. The topological polar surface area (TPSA) is 55.3 Å². The normalized spacial score (nSPS) is 10.5. The molecule has 0 aliphatic heterocycles. The van der Waals surface area contributed by atoms with Crippen LogP contribution in [0.4, 0.5) is 10.5 Å². The molecule has 1 heterocycles. The molecular formula is C21H22ClN3O2. The van der Waals surface area contributed by atoms with Crippen molar-refractivity contribution < 1.29 is 9.53 Å². The van der Waals surface area contributed by atoms with Crippen LogP contribution in [-0.4, -0.2) is 17.7 Å². The summed E-state index contributed by atoms with van der Waals surface area (Å²) in [5.74, 6) is 0.745. The SMILES string of the molecule is COc1ccc(NC(=O)NCc2cc(C)n(-c3cccc(Cl)c3)c2C)cc1. The van der Waals surface area contributed by atoms with Gasteiger partial charge >= 0.3 is 6.03 Å². The number of benzene rings is 2. The molecule has 0 unspecified atom stereocenters. The van der Waals surface area contributed by atoms with Gasteiger partial charge in [0.15, 0.2) is 0 Å². The lowest BCUT2D eigenvalue weighted by molar-refractivity contribution is 0.251. The molecule has 3 rings (SSSR count). The van der Waals surface area contributed by atoms with Crippen molar-refractivity contribution in [3.05, 3.63) is 76.6 Å². The van der Waals surface area contributed by atoms with Gasteiger partial charge in [-0.1, -0.05) is 17.7 Å². The van der Waals surface area contributed by atoms with Crippen molar-refractivity contribution in [1.82, 2.24) is 9.88 Å². The number of anilines is 1. The average Bonchev–Trinajstić information content (AvgIpc) is 2.94. The van der Waals surface area contributed by atoms with Crippen molar-refractivity contribution >= 4 is 23.3 Å². The molecule has 2 aromatic carbocycles. The summed E-state index contributed by atoms with van der Waals surface area (Å²) in [4.78, 5) is 12.2. The smallest absolute Gasteiger partial charge is 0.319 e. The van der Waals surface area contributed by atoms with Crippen LogP contribution in [0, 0.1) is 13.8 Å². The van der Waals surface area contributed by atoms with Gasteiger partial charge in [-0.05, 0) is 67.9 Å². The van der Waals surface area contributed by atoms with Gasteiger partial charge in [-0.3, -0.25) is 0 Å². The van der Waals surface area contributed by atoms with Crippen LogP contribution in [0.25, 0.3) is 5.69 Å². The maximum Gasteiger partial charge on any atom is 0.319 e. The minimum atomic E-state index is -0.257. The summed E-state index contributed by atoms with van der Waals surface area (Å²) >= 11 is 6.12. The summed E-state index contributed by atoms with van der Waals surface area (Å²) in [6.45, 7) is 4.50. The van der Waals surface area contributed by atoms with Crippen molar-refractivity contribution in [2.75, 3.05) is 12.4 Å². The number of rotatable bonds is 5. The molecule has 0 atom stereocenters. The third-order valence-electron chi connectivity index (χ3n) is 4.39. The van der Waals surface area contributed by atoms with Crippen molar-refractivity contribution in [3.63, 3.8) is 0 Å². The highest BCUT2D eigenvalue weighted by molar-refractivity contribution is 6.30. The van der Waals surface area contributed by atoms with E-state index in [0.29, 0.717) is 17.3 Å². The van der Waals surface area contributed by atoms with Gasteiger partial charge < -0.3 is 19.9 Å². The first-order chi connectivity index (χ1) is 13.0. The number of urea groups is 1. The summed E-state index contributed by atoms with van der Waals surface area (Å²) < 4.78 is 7.24. The number of nitrogens with zero attached hydrogens (tertiary/aromatic N) is 1. The van der Waals surface area contributed by atoms with Crippen LogP contribution in [-0.2, 0) is 6.54 Å². The minimum Gasteiger partial charge on any atom is -0.497 e. The Labute approximate surface area is 163 Å². The largest absolute Gasteiger partial charge is 0.497 e. The number of amides is 2. The van der Waals surface area contributed by atoms with Gasteiger partial charge in [-0.15, -0.1) is 0 Å². The number of nitrogens with one attached hydrogen (secondary N) is 2. The Morgan fingerprint density at radius 3 is 2.52 bits per heavy atom. The molecule has 0 bridgehead atoms. The maximum atomic E-state index is 12.2. The van der Waals surface area contributed by atoms with Gasteiger partial charge in [0.1, 0.15) is 5.75 Å². The Morgan fingerprint density at radius 1 is 1.11 bits per heavy atom. The molecule has 0 saturated heterocycles. The zero-order chi connectivity index (χ0) is 19.4. The standard InChI is InChI=1S/C21H22ClN3O2/c1-14-11-16(15(2)25(14)19-6-4-5-17(22)12-19)13-23-21(26)24-18-7-9-20(27-3)10-8-18/h4-12H,13H2,1-3H3,(H2,23,24,26). The molecule has 0 radical (unpaired) electrons.